The van der Waals surface area contributed by atoms with Gasteiger partial charge in [-0.15, -0.1) is 0 Å². The van der Waals surface area contributed by atoms with Crippen molar-refractivity contribution >= 4 is 44.4 Å². The van der Waals surface area contributed by atoms with E-state index < -0.39 is 0 Å². The van der Waals surface area contributed by atoms with E-state index in [0.717, 1.165) is 50.2 Å². The molecule has 5 aromatic carbocycles. The molecule has 0 radical (unpaired) electrons. The van der Waals surface area contributed by atoms with Crippen molar-refractivity contribution in [2.24, 2.45) is 0 Å². The Morgan fingerprint density at radius 1 is 0.468 bits per heavy atom. The van der Waals surface area contributed by atoms with E-state index in [1.165, 1.54) is 111 Å². The first-order valence-corrected chi connectivity index (χ1v) is 22.6. The van der Waals surface area contributed by atoms with Crippen LogP contribution >= 0.6 is 0 Å². The van der Waals surface area contributed by atoms with Crippen molar-refractivity contribution in [3.63, 3.8) is 0 Å². The van der Waals surface area contributed by atoms with Gasteiger partial charge in [0.25, 0.3) is 0 Å². The molecule has 4 heteroatoms. The number of fused-ring (bicyclic) bond motifs is 8. The fraction of sp³-hybridized carbons (Fsp3) is 0.241. The number of aromatic nitrogens is 4. The molecular weight excluding hydrogens is 753 g/mol. The third kappa shape index (κ3) is 5.65. The average molecular weight is 805 g/mol. The maximum absolute atomic E-state index is 5.02. The largest absolute Gasteiger partial charge is 0.297 e. The van der Waals surface area contributed by atoms with Crippen molar-refractivity contribution in [3.05, 3.63) is 178 Å². The summed E-state index contributed by atoms with van der Waals surface area (Å²) in [5.74, 6) is 1.98. The summed E-state index contributed by atoms with van der Waals surface area (Å²) in [5.41, 5.74) is 23.7. The molecule has 12 rings (SSSR count). The highest BCUT2D eigenvalue weighted by Gasteiger charge is 2.34. The van der Waals surface area contributed by atoms with Gasteiger partial charge >= 0.3 is 0 Å². The summed E-state index contributed by atoms with van der Waals surface area (Å²) in [6.07, 6.45) is 12.4. The van der Waals surface area contributed by atoms with Crippen molar-refractivity contribution in [3.8, 4) is 33.9 Å². The van der Waals surface area contributed by atoms with Gasteiger partial charge in [-0.3, -0.25) is 9.13 Å². The molecule has 304 valence electrons. The lowest BCUT2D eigenvalue weighted by atomic mass is 9.73. The van der Waals surface area contributed by atoms with Crippen molar-refractivity contribution in [1.29, 1.82) is 0 Å². The van der Waals surface area contributed by atoms with Gasteiger partial charge in [0.15, 0.2) is 0 Å². The van der Waals surface area contributed by atoms with Crippen molar-refractivity contribution in [2.45, 2.75) is 90.9 Å². The van der Waals surface area contributed by atoms with E-state index in [-0.39, 0.29) is 10.8 Å². The van der Waals surface area contributed by atoms with E-state index in [0.29, 0.717) is 0 Å². The molecule has 0 N–H and O–H groups in total. The molecule has 0 bridgehead atoms. The van der Waals surface area contributed by atoms with E-state index in [9.17, 15) is 0 Å². The van der Waals surface area contributed by atoms with Gasteiger partial charge in [-0.2, -0.15) is 0 Å². The third-order valence-electron chi connectivity index (χ3n) is 14.3. The number of allylic oxidation sites excluding steroid dienone is 1. The van der Waals surface area contributed by atoms with Crippen LogP contribution in [-0.4, -0.2) is 19.1 Å². The molecule has 0 saturated carbocycles. The number of pyridine rings is 2. The summed E-state index contributed by atoms with van der Waals surface area (Å²) in [6.45, 7) is 13.7. The molecule has 0 fully saturated rings. The summed E-state index contributed by atoms with van der Waals surface area (Å²) >= 11 is 0. The van der Waals surface area contributed by atoms with Crippen LogP contribution < -0.4 is 0 Å². The Morgan fingerprint density at radius 2 is 1.02 bits per heavy atom. The molecule has 4 nitrogen and oxygen atoms in total. The van der Waals surface area contributed by atoms with Crippen molar-refractivity contribution in [1.82, 2.24) is 19.1 Å². The highest BCUT2D eigenvalue weighted by atomic mass is 15.1. The highest BCUT2D eigenvalue weighted by Crippen LogP contribution is 2.52. The van der Waals surface area contributed by atoms with E-state index in [4.69, 9.17) is 9.97 Å². The van der Waals surface area contributed by atoms with Crippen LogP contribution in [0.5, 0.6) is 0 Å². The Hall–Kier alpha value is -6.52. The van der Waals surface area contributed by atoms with Gasteiger partial charge in [0.1, 0.15) is 11.6 Å². The lowest BCUT2D eigenvalue weighted by molar-refractivity contribution is 0.590. The second-order valence-corrected chi connectivity index (χ2v) is 20.0. The quantitative estimate of drug-likeness (QED) is 0.178. The third-order valence-corrected chi connectivity index (χ3v) is 14.3. The van der Waals surface area contributed by atoms with E-state index in [1.54, 1.807) is 0 Å². The predicted molar refractivity (Wildman–Crippen MR) is 259 cm³/mol. The molecule has 62 heavy (non-hydrogen) atoms. The minimum Gasteiger partial charge on any atom is -0.297 e. The van der Waals surface area contributed by atoms with Gasteiger partial charge in [-0.1, -0.05) is 108 Å². The van der Waals surface area contributed by atoms with Gasteiger partial charge in [0, 0.05) is 39.8 Å². The van der Waals surface area contributed by atoms with Crippen LogP contribution in [0.15, 0.2) is 128 Å². The summed E-state index contributed by atoms with van der Waals surface area (Å²) < 4.78 is 4.99. The first-order chi connectivity index (χ1) is 30.0. The lowest BCUT2D eigenvalue weighted by Crippen LogP contribution is -2.16. The molecule has 0 aliphatic heterocycles. The summed E-state index contributed by atoms with van der Waals surface area (Å²) in [4.78, 5) is 10.0. The number of benzene rings is 5. The Bertz CT molecular complexity index is 3310. The second kappa shape index (κ2) is 13.5. The predicted octanol–water partition coefficient (Wildman–Crippen LogP) is 14.1. The standard InChI is InChI=1S/C58H52N4/c1-57(2,3)41-21-15-35(16-22-41)37-19-27-49-45(31-37)47-33-39-13-14-40-34-48-46-32-38(36-17-23-42(24-18-36)58(4,5)6)20-28-50(46)62(52-12-8-10-30-60-52)56(48)44-26-25-43(53(39)54(40)44)55(47)61(49)51-11-7-9-29-59-51/h7-12,15-19,21-24,27,29-34H,13-14,20,25-26,28H2,1-6H3. The van der Waals surface area contributed by atoms with Crippen LogP contribution in [0, 0.1) is 0 Å². The highest BCUT2D eigenvalue weighted by molar-refractivity contribution is 6.14. The van der Waals surface area contributed by atoms with Gasteiger partial charge in [-0.25, -0.2) is 9.97 Å². The Morgan fingerprint density at radius 3 is 1.60 bits per heavy atom. The number of hydrogen-bond donors (Lipinski definition) is 0. The van der Waals surface area contributed by atoms with E-state index >= 15 is 0 Å². The van der Waals surface area contributed by atoms with E-state index in [2.05, 4.69) is 160 Å². The fourth-order valence-electron chi connectivity index (χ4n) is 11.1. The minimum absolute atomic E-state index is 0.115. The average Bonchev–Trinajstić information content (AvgIpc) is 3.80. The van der Waals surface area contributed by atoms with Crippen LogP contribution in [0.4, 0.5) is 0 Å². The van der Waals surface area contributed by atoms with Crippen LogP contribution in [-0.2, 0) is 42.9 Å². The van der Waals surface area contributed by atoms with Crippen molar-refractivity contribution < 1.29 is 0 Å². The smallest absolute Gasteiger partial charge is 0.137 e. The Labute approximate surface area is 364 Å². The normalized spacial score (nSPS) is 14.6. The number of nitrogens with zero attached hydrogens (tertiary/aromatic N) is 4. The zero-order valence-corrected chi connectivity index (χ0v) is 36.7. The molecule has 4 heterocycles. The maximum atomic E-state index is 5.02. The number of rotatable bonds is 4. The molecule has 3 aliphatic carbocycles. The lowest BCUT2D eigenvalue weighted by Gasteiger charge is -2.31. The zero-order valence-electron chi connectivity index (χ0n) is 36.7. The molecular formula is C58H52N4. The first-order valence-electron chi connectivity index (χ1n) is 22.6. The number of aryl methyl sites for hydroxylation is 4. The summed E-state index contributed by atoms with van der Waals surface area (Å²) in [6, 6.07) is 43.4. The monoisotopic (exact) mass is 804 g/mol. The molecule has 4 aromatic heterocycles. The Kier molecular flexibility index (Phi) is 8.11. The van der Waals surface area contributed by atoms with Crippen LogP contribution in [0.3, 0.4) is 0 Å². The minimum atomic E-state index is 0.115. The van der Waals surface area contributed by atoms with Gasteiger partial charge in [-0.05, 0) is 171 Å². The molecule has 9 aromatic rings. The van der Waals surface area contributed by atoms with Crippen molar-refractivity contribution in [2.75, 3.05) is 0 Å². The van der Waals surface area contributed by atoms with Gasteiger partial charge in [0.2, 0.25) is 0 Å². The Balaban J connectivity index is 1.09. The molecule has 0 spiro atoms. The van der Waals surface area contributed by atoms with Gasteiger partial charge < -0.3 is 0 Å². The molecule has 0 amide bonds. The van der Waals surface area contributed by atoms with Crippen LogP contribution in [0.25, 0.3) is 78.2 Å². The SMILES string of the molecule is CC(C)(C)c1ccc(C2=Cc3c(n(-c4ccccn4)c4c5c6c(cc34)CCc3cc4c7cc(-c8ccc(C(C)(C)C)cc8)ccc7n(-c7ccccn7)c4c(c3-6)CC5)CC2)cc1. The molecule has 0 atom stereocenters. The first kappa shape index (κ1) is 37.3. The zero-order chi connectivity index (χ0) is 42.1. The van der Waals surface area contributed by atoms with Gasteiger partial charge in [0.05, 0.1) is 16.6 Å². The van der Waals surface area contributed by atoms with Crippen LogP contribution in [0.1, 0.15) is 98.2 Å². The molecule has 3 aliphatic rings. The number of hydrogen-bond acceptors (Lipinski definition) is 2. The maximum Gasteiger partial charge on any atom is 0.137 e. The molecule has 0 saturated heterocycles. The summed E-state index contributed by atoms with van der Waals surface area (Å²) in [5, 5.41) is 4.00. The fourth-order valence-corrected chi connectivity index (χ4v) is 11.1. The van der Waals surface area contributed by atoms with E-state index in [1.807, 2.05) is 24.5 Å². The summed E-state index contributed by atoms with van der Waals surface area (Å²) in [7, 11) is 0. The van der Waals surface area contributed by atoms with Crippen LogP contribution in [0.2, 0.25) is 0 Å². The topological polar surface area (TPSA) is 35.6 Å². The second-order valence-electron chi connectivity index (χ2n) is 20.0. The molecule has 0 unspecified atom stereocenters.